The van der Waals surface area contributed by atoms with Crippen LogP contribution in [0, 0.1) is 0 Å². The number of anilines is 2. The Bertz CT molecular complexity index is 1930. The highest BCUT2D eigenvalue weighted by molar-refractivity contribution is 5.99. The molecule has 52 heavy (non-hydrogen) atoms. The number of nitrogens with two attached hydrogens (primary N) is 1. The van der Waals surface area contributed by atoms with Crippen molar-refractivity contribution in [2.24, 2.45) is 0 Å². The number of aromatic nitrogens is 4. The molecule has 1 saturated carbocycles. The van der Waals surface area contributed by atoms with E-state index in [2.05, 4.69) is 21.6 Å². The molecule has 1 atom stereocenters. The van der Waals surface area contributed by atoms with Gasteiger partial charge in [0.25, 0.3) is 0 Å². The molecule has 1 aliphatic carbocycles. The molecule has 0 amide bonds. The minimum Gasteiger partial charge on any atom is -0.431 e. The van der Waals surface area contributed by atoms with Gasteiger partial charge < -0.3 is 29.6 Å². The highest BCUT2D eigenvalue weighted by Crippen LogP contribution is 2.33. The van der Waals surface area contributed by atoms with Crippen LogP contribution in [-0.2, 0) is 32.0 Å². The number of carbonyl (C=O) groups is 2. The van der Waals surface area contributed by atoms with Crippen LogP contribution in [0.4, 0.5) is 16.2 Å². The van der Waals surface area contributed by atoms with Crippen molar-refractivity contribution in [3.05, 3.63) is 114 Å². The number of esters is 1. The van der Waals surface area contributed by atoms with E-state index in [1.807, 2.05) is 84.6 Å². The fraction of sp³-hybridized carbons (Fsp3) is 0.325. The largest absolute Gasteiger partial charge is 0.511 e. The van der Waals surface area contributed by atoms with Gasteiger partial charge in [0.05, 0.1) is 23.5 Å². The number of para-hydroxylation sites is 1. The lowest BCUT2D eigenvalue weighted by molar-refractivity contribution is -0.0914. The van der Waals surface area contributed by atoms with Gasteiger partial charge in [-0.15, -0.1) is 5.10 Å². The second-order valence-corrected chi connectivity index (χ2v) is 12.7. The SMILES string of the molecule is CCOCN(Cc1ccc(-c2ccccc2-c2nnnn2Cc2ccccc2)cc1)c1c(N)cccc1C(=O)OC(C)OC(=O)OC1CCCCC1. The molecule has 1 unspecified atom stereocenters. The van der Waals surface area contributed by atoms with Crippen LogP contribution in [-0.4, -0.2) is 58.1 Å². The van der Waals surface area contributed by atoms with Crippen LogP contribution >= 0.6 is 0 Å². The normalized spacial score (nSPS) is 13.7. The van der Waals surface area contributed by atoms with Gasteiger partial charge in [-0.1, -0.05) is 91.3 Å². The topological polar surface area (TPSA) is 144 Å². The fourth-order valence-corrected chi connectivity index (χ4v) is 6.39. The minimum absolute atomic E-state index is 0.166. The van der Waals surface area contributed by atoms with Crippen molar-refractivity contribution in [1.29, 1.82) is 0 Å². The van der Waals surface area contributed by atoms with Crippen LogP contribution in [0.5, 0.6) is 0 Å². The predicted octanol–water partition coefficient (Wildman–Crippen LogP) is 7.63. The summed E-state index contributed by atoms with van der Waals surface area (Å²) >= 11 is 0. The molecule has 12 nitrogen and oxygen atoms in total. The highest BCUT2D eigenvalue weighted by atomic mass is 16.8. The molecule has 1 fully saturated rings. The number of nitrogens with zero attached hydrogens (tertiary/aromatic N) is 5. The lowest BCUT2D eigenvalue weighted by Crippen LogP contribution is -2.30. The Balaban J connectivity index is 1.18. The standard InChI is InChI=1S/C40H44N6O6/c1-3-49-27-45(37-35(19-12-20-36(37)41)39(47)50-28(2)51-40(48)52-32-15-8-5-9-16-32)25-30-21-23-31(24-22-30)33-17-10-11-18-34(33)38-42-43-44-46(38)26-29-13-6-4-7-14-29/h4,6-7,10-14,17-24,28,32H,3,5,8-9,15-16,25-27,41H2,1-2H3. The zero-order valence-electron chi connectivity index (χ0n) is 29.5. The summed E-state index contributed by atoms with van der Waals surface area (Å²) in [5.41, 5.74) is 12.5. The highest BCUT2D eigenvalue weighted by Gasteiger charge is 2.25. The number of nitrogen functional groups attached to an aromatic ring is 1. The van der Waals surface area contributed by atoms with Crippen LogP contribution in [0.25, 0.3) is 22.5 Å². The molecule has 1 aliphatic rings. The third-order valence-corrected chi connectivity index (χ3v) is 8.92. The predicted molar refractivity (Wildman–Crippen MR) is 197 cm³/mol. The number of tetrazole rings is 1. The maximum Gasteiger partial charge on any atom is 0.511 e. The van der Waals surface area contributed by atoms with Crippen LogP contribution < -0.4 is 10.6 Å². The second-order valence-electron chi connectivity index (χ2n) is 12.7. The summed E-state index contributed by atoms with van der Waals surface area (Å²) < 4.78 is 23.9. The molecular formula is C40H44N6O6. The fourth-order valence-electron chi connectivity index (χ4n) is 6.39. The van der Waals surface area contributed by atoms with Crippen molar-refractivity contribution in [2.75, 3.05) is 24.0 Å². The number of rotatable bonds is 14. The van der Waals surface area contributed by atoms with Gasteiger partial charge in [0, 0.05) is 25.6 Å². The molecule has 2 N–H and O–H groups in total. The zero-order chi connectivity index (χ0) is 36.3. The Labute approximate surface area is 303 Å². The first-order chi connectivity index (χ1) is 25.4. The van der Waals surface area contributed by atoms with Gasteiger partial charge in [-0.25, -0.2) is 14.3 Å². The number of hydrogen-bond donors (Lipinski definition) is 1. The first-order valence-corrected chi connectivity index (χ1v) is 17.7. The molecule has 0 bridgehead atoms. The third-order valence-electron chi connectivity index (χ3n) is 8.92. The first-order valence-electron chi connectivity index (χ1n) is 17.7. The molecule has 12 heteroatoms. The Morgan fingerprint density at radius 3 is 2.35 bits per heavy atom. The van der Waals surface area contributed by atoms with Gasteiger partial charge in [0.1, 0.15) is 12.8 Å². The molecule has 0 spiro atoms. The molecule has 4 aromatic carbocycles. The molecule has 1 heterocycles. The average Bonchev–Trinajstić information content (AvgIpc) is 3.62. The van der Waals surface area contributed by atoms with Crippen LogP contribution in [0.15, 0.2) is 97.1 Å². The number of ether oxygens (including phenoxy) is 4. The third kappa shape index (κ3) is 9.12. The van der Waals surface area contributed by atoms with E-state index in [-0.39, 0.29) is 18.4 Å². The number of carbonyl (C=O) groups excluding carboxylic acids is 2. The Hall–Kier alpha value is -5.75. The summed E-state index contributed by atoms with van der Waals surface area (Å²) in [7, 11) is 0. The van der Waals surface area contributed by atoms with E-state index in [0.29, 0.717) is 36.9 Å². The van der Waals surface area contributed by atoms with E-state index < -0.39 is 18.4 Å². The lowest BCUT2D eigenvalue weighted by atomic mass is 9.98. The second kappa shape index (κ2) is 17.5. The summed E-state index contributed by atoms with van der Waals surface area (Å²) in [4.78, 5) is 27.8. The maximum absolute atomic E-state index is 13.5. The first kappa shape index (κ1) is 36.1. The molecule has 6 rings (SSSR count). The summed E-state index contributed by atoms with van der Waals surface area (Å²) in [5, 5.41) is 12.6. The minimum atomic E-state index is -1.17. The van der Waals surface area contributed by atoms with E-state index in [1.165, 1.54) is 6.92 Å². The lowest BCUT2D eigenvalue weighted by Gasteiger charge is -2.28. The van der Waals surface area contributed by atoms with E-state index in [9.17, 15) is 9.59 Å². The summed E-state index contributed by atoms with van der Waals surface area (Å²) in [6, 6.07) is 31.3. The summed E-state index contributed by atoms with van der Waals surface area (Å²) in [5.74, 6) is -0.0189. The average molecular weight is 705 g/mol. The van der Waals surface area contributed by atoms with Gasteiger partial charge >= 0.3 is 12.1 Å². The monoisotopic (exact) mass is 704 g/mol. The molecule has 0 saturated heterocycles. The van der Waals surface area contributed by atoms with E-state index >= 15 is 0 Å². The van der Waals surface area contributed by atoms with Crippen molar-refractivity contribution in [3.8, 4) is 22.5 Å². The van der Waals surface area contributed by atoms with Gasteiger partial charge in [-0.05, 0) is 77.4 Å². The van der Waals surface area contributed by atoms with E-state index in [4.69, 9.17) is 24.7 Å². The maximum atomic E-state index is 13.5. The van der Waals surface area contributed by atoms with Gasteiger partial charge in [0.15, 0.2) is 5.82 Å². The smallest absolute Gasteiger partial charge is 0.431 e. The summed E-state index contributed by atoms with van der Waals surface area (Å²) in [6.45, 7) is 4.92. The Morgan fingerprint density at radius 2 is 1.60 bits per heavy atom. The molecule has 5 aromatic rings. The quantitative estimate of drug-likeness (QED) is 0.0692. The Kier molecular flexibility index (Phi) is 12.1. The molecule has 0 aliphatic heterocycles. The zero-order valence-corrected chi connectivity index (χ0v) is 29.5. The number of benzene rings is 4. The van der Waals surface area contributed by atoms with Crippen molar-refractivity contribution >= 4 is 23.5 Å². The van der Waals surface area contributed by atoms with E-state index in [1.54, 1.807) is 22.9 Å². The number of hydrogen-bond acceptors (Lipinski definition) is 11. The van der Waals surface area contributed by atoms with Gasteiger partial charge in [-0.2, -0.15) is 0 Å². The van der Waals surface area contributed by atoms with Crippen LogP contribution in [0.3, 0.4) is 0 Å². The van der Waals surface area contributed by atoms with Crippen molar-refractivity contribution < 1.29 is 28.5 Å². The molecule has 1 aromatic heterocycles. The van der Waals surface area contributed by atoms with Gasteiger partial charge in [0.2, 0.25) is 6.29 Å². The van der Waals surface area contributed by atoms with Crippen LogP contribution in [0.1, 0.15) is 67.4 Å². The van der Waals surface area contributed by atoms with Crippen LogP contribution in [0.2, 0.25) is 0 Å². The van der Waals surface area contributed by atoms with E-state index in [0.717, 1.165) is 59.9 Å². The molecule has 0 radical (unpaired) electrons. The van der Waals surface area contributed by atoms with Crippen molar-refractivity contribution in [3.63, 3.8) is 0 Å². The molecular weight excluding hydrogens is 660 g/mol. The summed E-state index contributed by atoms with van der Waals surface area (Å²) in [6.07, 6.45) is 2.56. The van der Waals surface area contributed by atoms with Gasteiger partial charge in [-0.3, -0.25) is 0 Å². The van der Waals surface area contributed by atoms with Crippen molar-refractivity contribution in [2.45, 2.75) is 71.4 Å². The Morgan fingerprint density at radius 1 is 0.865 bits per heavy atom. The van der Waals surface area contributed by atoms with Crippen molar-refractivity contribution in [1.82, 2.24) is 20.2 Å². The molecule has 270 valence electrons.